The minimum absolute atomic E-state index is 0.192. The van der Waals surface area contributed by atoms with Crippen molar-refractivity contribution in [2.75, 3.05) is 0 Å². The van der Waals surface area contributed by atoms with Crippen LogP contribution in [0.25, 0.3) is 0 Å². The number of hydrogen-bond acceptors (Lipinski definition) is 5. The number of rotatable bonds is 36. The maximum atomic E-state index is 12.8. The molecule has 6 nitrogen and oxygen atoms in total. The summed E-state index contributed by atoms with van der Waals surface area (Å²) >= 11 is 0. The molecule has 0 spiro atoms. The van der Waals surface area contributed by atoms with E-state index >= 15 is 0 Å². The lowest BCUT2D eigenvalue weighted by atomic mass is 9.96. The monoisotopic (exact) mass is 666 g/mol. The molecule has 6 heteroatoms. The molecule has 1 amide bonds. The van der Waals surface area contributed by atoms with Gasteiger partial charge in [-0.15, -0.1) is 0 Å². The lowest BCUT2D eigenvalue weighted by Crippen LogP contribution is -2.54. The summed E-state index contributed by atoms with van der Waals surface area (Å²) in [4.78, 5) is 36.8. The van der Waals surface area contributed by atoms with E-state index < -0.39 is 30.0 Å². The van der Waals surface area contributed by atoms with Crippen molar-refractivity contribution < 1.29 is 24.2 Å². The molecule has 0 aliphatic heterocycles. The van der Waals surface area contributed by atoms with E-state index in [9.17, 15) is 19.5 Å². The summed E-state index contributed by atoms with van der Waals surface area (Å²) in [5.74, 6) is -1.08. The number of amides is 1. The Labute approximate surface area is 291 Å². The molecular formula is C41H79NO5. The van der Waals surface area contributed by atoms with Gasteiger partial charge in [0.1, 0.15) is 12.2 Å². The summed E-state index contributed by atoms with van der Waals surface area (Å²) in [6, 6.07) is -0.914. The predicted octanol–water partition coefficient (Wildman–Crippen LogP) is 11.5. The average Bonchev–Trinajstić information content (AvgIpc) is 3.04. The number of carbonyl (C=O) groups excluding carboxylic acids is 3. The highest BCUT2D eigenvalue weighted by Crippen LogP contribution is 2.18. The third-order valence-electron chi connectivity index (χ3n) is 9.65. The molecule has 0 aromatic rings. The topological polar surface area (TPSA) is 92.7 Å². The quantitative estimate of drug-likeness (QED) is 0.0513. The van der Waals surface area contributed by atoms with Crippen LogP contribution in [-0.2, 0) is 19.1 Å². The van der Waals surface area contributed by atoms with Crippen molar-refractivity contribution in [1.29, 1.82) is 0 Å². The molecule has 0 aromatic heterocycles. The van der Waals surface area contributed by atoms with E-state index in [4.69, 9.17) is 4.74 Å². The van der Waals surface area contributed by atoms with Crippen molar-refractivity contribution in [2.24, 2.45) is 0 Å². The van der Waals surface area contributed by atoms with E-state index in [-0.39, 0.29) is 5.91 Å². The van der Waals surface area contributed by atoms with E-state index in [2.05, 4.69) is 19.2 Å². The fourth-order valence-corrected chi connectivity index (χ4v) is 6.61. The van der Waals surface area contributed by atoms with Gasteiger partial charge in [0.2, 0.25) is 5.91 Å². The number of esters is 1. The fourth-order valence-electron chi connectivity index (χ4n) is 6.61. The molecule has 0 radical (unpaired) electrons. The number of carbonyl (C=O) groups is 3. The molecule has 0 aliphatic carbocycles. The van der Waals surface area contributed by atoms with Crippen LogP contribution in [-0.4, -0.2) is 41.0 Å². The molecule has 0 fully saturated rings. The summed E-state index contributed by atoms with van der Waals surface area (Å²) in [7, 11) is 0. The van der Waals surface area contributed by atoms with Gasteiger partial charge >= 0.3 is 5.97 Å². The maximum Gasteiger partial charge on any atom is 0.302 e. The Morgan fingerprint density at radius 1 is 0.511 bits per heavy atom. The van der Waals surface area contributed by atoms with E-state index in [0.717, 1.165) is 38.5 Å². The number of hydrogen-bond donors (Lipinski definition) is 2. The van der Waals surface area contributed by atoms with Crippen molar-refractivity contribution in [3.63, 3.8) is 0 Å². The van der Waals surface area contributed by atoms with Crippen molar-refractivity contribution in [1.82, 2.24) is 5.32 Å². The second-order valence-electron chi connectivity index (χ2n) is 14.4. The summed E-state index contributed by atoms with van der Waals surface area (Å²) in [6.07, 6.45) is 35.4. The Morgan fingerprint density at radius 2 is 0.830 bits per heavy atom. The van der Waals surface area contributed by atoms with Crippen LogP contribution in [0, 0.1) is 0 Å². The molecule has 0 aromatic carbocycles. The van der Waals surface area contributed by atoms with Crippen LogP contribution >= 0.6 is 0 Å². The first-order valence-corrected chi connectivity index (χ1v) is 20.5. The first kappa shape index (κ1) is 45.6. The summed E-state index contributed by atoms with van der Waals surface area (Å²) in [5, 5.41) is 13.5. The number of unbranched alkanes of at least 4 members (excludes halogenated alkanes) is 27. The summed E-state index contributed by atoms with van der Waals surface area (Å²) in [6.45, 7) is 7.18. The Hall–Kier alpha value is -1.43. The molecule has 0 rings (SSSR count). The van der Waals surface area contributed by atoms with E-state index in [1.165, 1.54) is 162 Å². The molecule has 0 saturated heterocycles. The van der Waals surface area contributed by atoms with Gasteiger partial charge in [-0.3, -0.25) is 14.4 Å². The summed E-state index contributed by atoms with van der Waals surface area (Å²) < 4.78 is 5.56. The van der Waals surface area contributed by atoms with Gasteiger partial charge in [-0.25, -0.2) is 0 Å². The maximum absolute atomic E-state index is 12.8. The lowest BCUT2D eigenvalue weighted by molar-refractivity contribution is -0.153. The van der Waals surface area contributed by atoms with Crippen molar-refractivity contribution in [2.45, 2.75) is 245 Å². The number of aliphatic hydroxyl groups is 1. The zero-order valence-electron chi connectivity index (χ0n) is 31.7. The number of aliphatic hydroxyl groups excluding tert-OH is 1. The Morgan fingerprint density at radius 3 is 1.15 bits per heavy atom. The van der Waals surface area contributed by atoms with E-state index in [1.807, 2.05) is 0 Å². The second kappa shape index (κ2) is 34.4. The zero-order valence-corrected chi connectivity index (χ0v) is 31.7. The van der Waals surface area contributed by atoms with E-state index in [0.29, 0.717) is 12.8 Å². The highest BCUT2D eigenvalue weighted by Gasteiger charge is 2.34. The first-order chi connectivity index (χ1) is 22.8. The SMILES string of the molecule is CCCCCCCCCCCCCCCCCCCC(=O)NC(C(CCCCCCCCCCCCCC)OC(C)=O)C(O)C(C)=O. The summed E-state index contributed by atoms with van der Waals surface area (Å²) in [5.41, 5.74) is 0. The number of Topliss-reactive ketones (excluding diaryl/α,β-unsaturated/α-hetero) is 1. The Balaban J connectivity index is 4.19. The van der Waals surface area contributed by atoms with Gasteiger partial charge in [0.15, 0.2) is 5.78 Å². The van der Waals surface area contributed by atoms with Gasteiger partial charge in [0, 0.05) is 13.3 Å². The molecule has 3 atom stereocenters. The minimum Gasteiger partial charge on any atom is -0.460 e. The van der Waals surface area contributed by atoms with Crippen LogP contribution in [0.4, 0.5) is 0 Å². The van der Waals surface area contributed by atoms with Gasteiger partial charge < -0.3 is 15.2 Å². The lowest BCUT2D eigenvalue weighted by Gasteiger charge is -2.30. The van der Waals surface area contributed by atoms with Crippen molar-refractivity contribution in [3.05, 3.63) is 0 Å². The third-order valence-corrected chi connectivity index (χ3v) is 9.65. The van der Waals surface area contributed by atoms with Gasteiger partial charge in [-0.2, -0.15) is 0 Å². The molecular weight excluding hydrogens is 586 g/mol. The Kier molecular flexibility index (Phi) is 33.4. The second-order valence-corrected chi connectivity index (χ2v) is 14.4. The molecule has 278 valence electrons. The van der Waals surface area contributed by atoms with E-state index in [1.54, 1.807) is 0 Å². The predicted molar refractivity (Wildman–Crippen MR) is 199 cm³/mol. The van der Waals surface area contributed by atoms with Crippen LogP contribution in [0.5, 0.6) is 0 Å². The van der Waals surface area contributed by atoms with Crippen LogP contribution in [0.15, 0.2) is 0 Å². The standard InChI is InChI=1S/C41H79NO5/c1-5-7-9-11-13-15-17-19-20-21-22-23-25-27-29-31-33-35-39(45)42-40(41(46)36(3)43)38(47-37(4)44)34-32-30-28-26-24-18-16-14-12-10-8-6-2/h38,40-41,46H,5-35H2,1-4H3,(H,42,45). The largest absolute Gasteiger partial charge is 0.460 e. The molecule has 0 heterocycles. The highest BCUT2D eigenvalue weighted by atomic mass is 16.5. The minimum atomic E-state index is -1.39. The molecule has 47 heavy (non-hydrogen) atoms. The average molecular weight is 666 g/mol. The highest BCUT2D eigenvalue weighted by molar-refractivity contribution is 5.83. The normalized spacial score (nSPS) is 13.3. The van der Waals surface area contributed by atoms with Crippen LogP contribution in [0.3, 0.4) is 0 Å². The van der Waals surface area contributed by atoms with Crippen molar-refractivity contribution in [3.8, 4) is 0 Å². The number of ketones is 1. The number of ether oxygens (including phenoxy) is 1. The van der Waals surface area contributed by atoms with Gasteiger partial charge in [-0.1, -0.05) is 187 Å². The van der Waals surface area contributed by atoms with Crippen LogP contribution in [0.2, 0.25) is 0 Å². The van der Waals surface area contributed by atoms with Gasteiger partial charge in [0.05, 0.1) is 6.04 Å². The third kappa shape index (κ3) is 30.4. The van der Waals surface area contributed by atoms with Crippen LogP contribution in [0.1, 0.15) is 227 Å². The van der Waals surface area contributed by atoms with Crippen LogP contribution < -0.4 is 5.32 Å². The molecule has 0 aliphatic rings. The number of nitrogens with one attached hydrogen (secondary N) is 1. The van der Waals surface area contributed by atoms with Gasteiger partial charge in [0.25, 0.3) is 0 Å². The smallest absolute Gasteiger partial charge is 0.302 e. The first-order valence-electron chi connectivity index (χ1n) is 20.5. The molecule has 3 unspecified atom stereocenters. The zero-order chi connectivity index (χ0) is 34.8. The van der Waals surface area contributed by atoms with Gasteiger partial charge in [-0.05, 0) is 26.2 Å². The Bertz CT molecular complexity index is 727. The molecule has 0 bridgehead atoms. The fraction of sp³-hybridized carbons (Fsp3) is 0.927. The molecule has 0 saturated carbocycles. The molecule has 2 N–H and O–H groups in total. The van der Waals surface area contributed by atoms with Crippen molar-refractivity contribution >= 4 is 17.7 Å².